The molecule has 2 amide bonds. The second-order valence-corrected chi connectivity index (χ2v) is 6.70. The van der Waals surface area contributed by atoms with Crippen LogP contribution in [0.4, 0.5) is 0 Å². The van der Waals surface area contributed by atoms with E-state index < -0.39 is 5.91 Å². The molecule has 1 heterocycles. The molecule has 0 saturated carbocycles. The van der Waals surface area contributed by atoms with Gasteiger partial charge in [-0.05, 0) is 12.1 Å². The summed E-state index contributed by atoms with van der Waals surface area (Å²) in [5, 5.41) is 7.31. The largest absolute Gasteiger partial charge is 0.368 e. The second-order valence-electron chi connectivity index (χ2n) is 6.70. The number of hydrogen-bond donors (Lipinski definition) is 3. The third kappa shape index (κ3) is 5.05. The van der Waals surface area contributed by atoms with Crippen LogP contribution in [-0.4, -0.2) is 41.7 Å². The van der Waals surface area contributed by atoms with E-state index in [1.54, 1.807) is 0 Å². The molecule has 1 atom stereocenters. The second kappa shape index (κ2) is 8.96. The van der Waals surface area contributed by atoms with Crippen molar-refractivity contribution in [2.45, 2.75) is 6.54 Å². The van der Waals surface area contributed by atoms with Gasteiger partial charge in [0.25, 0.3) is 5.91 Å². The van der Waals surface area contributed by atoms with E-state index in [4.69, 9.17) is 10.8 Å². The number of nitrogens with zero attached hydrogens (tertiary/aromatic N) is 2. The first-order chi connectivity index (χ1) is 13.5. The summed E-state index contributed by atoms with van der Waals surface area (Å²) in [4.78, 5) is 23.8. The van der Waals surface area contributed by atoms with E-state index in [2.05, 4.69) is 5.32 Å². The SMILES string of the molecule is C[NH+](CC(=O)NCC(N)=O)Cc1cn(-c2ccccc2)nc1-c1ccccc1. The van der Waals surface area contributed by atoms with Crippen LogP contribution in [0.5, 0.6) is 0 Å². The van der Waals surface area contributed by atoms with Crippen molar-refractivity contribution in [2.24, 2.45) is 5.73 Å². The highest BCUT2D eigenvalue weighted by atomic mass is 16.2. The van der Waals surface area contributed by atoms with E-state index in [0.29, 0.717) is 6.54 Å². The van der Waals surface area contributed by atoms with Gasteiger partial charge in [-0.25, -0.2) is 4.68 Å². The maximum Gasteiger partial charge on any atom is 0.275 e. The van der Waals surface area contributed by atoms with Gasteiger partial charge in [0.2, 0.25) is 5.91 Å². The Bertz CT molecular complexity index is 938. The van der Waals surface area contributed by atoms with Crippen molar-refractivity contribution in [3.63, 3.8) is 0 Å². The molecule has 0 spiro atoms. The minimum atomic E-state index is -0.554. The molecule has 0 bridgehead atoms. The average Bonchev–Trinajstić information content (AvgIpc) is 3.11. The molecule has 2 aromatic carbocycles. The number of nitrogens with one attached hydrogen (secondary N) is 2. The Kier molecular flexibility index (Phi) is 6.18. The van der Waals surface area contributed by atoms with Crippen molar-refractivity contribution in [1.82, 2.24) is 15.1 Å². The number of rotatable bonds is 8. The highest BCUT2D eigenvalue weighted by molar-refractivity contribution is 5.84. The van der Waals surface area contributed by atoms with E-state index in [0.717, 1.165) is 27.4 Å². The van der Waals surface area contributed by atoms with Gasteiger partial charge in [-0.3, -0.25) is 9.59 Å². The summed E-state index contributed by atoms with van der Waals surface area (Å²) >= 11 is 0. The fraction of sp³-hybridized carbons (Fsp3) is 0.190. The molecule has 144 valence electrons. The van der Waals surface area contributed by atoms with Crippen molar-refractivity contribution in [3.05, 3.63) is 72.4 Å². The van der Waals surface area contributed by atoms with Gasteiger partial charge < -0.3 is 16.0 Å². The van der Waals surface area contributed by atoms with Crippen LogP contribution in [0.25, 0.3) is 16.9 Å². The minimum absolute atomic E-state index is 0.146. The lowest BCUT2D eigenvalue weighted by Crippen LogP contribution is -3.08. The number of aromatic nitrogens is 2. The third-order valence-corrected chi connectivity index (χ3v) is 4.27. The smallest absolute Gasteiger partial charge is 0.275 e. The van der Waals surface area contributed by atoms with Crippen LogP contribution in [0.3, 0.4) is 0 Å². The molecule has 3 rings (SSSR count). The first kappa shape index (κ1) is 19.3. The molecule has 7 heteroatoms. The quantitative estimate of drug-likeness (QED) is 0.521. The average molecular weight is 378 g/mol. The number of benzene rings is 2. The van der Waals surface area contributed by atoms with Crippen LogP contribution < -0.4 is 16.0 Å². The number of primary amides is 1. The van der Waals surface area contributed by atoms with Gasteiger partial charge in [0.15, 0.2) is 6.54 Å². The summed E-state index contributed by atoms with van der Waals surface area (Å²) in [6, 6.07) is 19.9. The Morgan fingerprint density at radius 2 is 1.71 bits per heavy atom. The van der Waals surface area contributed by atoms with E-state index >= 15 is 0 Å². The summed E-state index contributed by atoms with van der Waals surface area (Å²) < 4.78 is 1.86. The van der Waals surface area contributed by atoms with Crippen molar-refractivity contribution in [1.29, 1.82) is 0 Å². The molecular weight excluding hydrogens is 354 g/mol. The van der Waals surface area contributed by atoms with Crippen LogP contribution in [-0.2, 0) is 16.1 Å². The maximum absolute atomic E-state index is 12.0. The highest BCUT2D eigenvalue weighted by Gasteiger charge is 2.18. The molecule has 0 aliphatic carbocycles. The van der Waals surface area contributed by atoms with E-state index in [9.17, 15) is 9.59 Å². The Balaban J connectivity index is 1.81. The molecule has 0 radical (unpaired) electrons. The number of para-hydroxylation sites is 1. The zero-order chi connectivity index (χ0) is 19.9. The molecule has 1 aromatic heterocycles. The van der Waals surface area contributed by atoms with Gasteiger partial charge in [-0.15, -0.1) is 0 Å². The van der Waals surface area contributed by atoms with Crippen LogP contribution >= 0.6 is 0 Å². The van der Waals surface area contributed by atoms with Crippen molar-refractivity contribution in [3.8, 4) is 16.9 Å². The Morgan fingerprint density at radius 3 is 2.36 bits per heavy atom. The maximum atomic E-state index is 12.0. The van der Waals surface area contributed by atoms with Crippen LogP contribution in [0.15, 0.2) is 66.9 Å². The van der Waals surface area contributed by atoms with Crippen LogP contribution in [0.1, 0.15) is 5.56 Å². The van der Waals surface area contributed by atoms with E-state index in [-0.39, 0.29) is 19.0 Å². The van der Waals surface area contributed by atoms with Gasteiger partial charge in [0.1, 0.15) is 12.2 Å². The zero-order valence-corrected chi connectivity index (χ0v) is 15.8. The number of carbonyl (C=O) groups excluding carboxylic acids is 2. The molecule has 7 nitrogen and oxygen atoms in total. The highest BCUT2D eigenvalue weighted by Crippen LogP contribution is 2.23. The molecular formula is C21H24N5O2+. The lowest BCUT2D eigenvalue weighted by Gasteiger charge is -2.13. The lowest BCUT2D eigenvalue weighted by molar-refractivity contribution is -0.885. The summed E-state index contributed by atoms with van der Waals surface area (Å²) in [5.41, 5.74) is 8.99. The number of hydrogen-bond acceptors (Lipinski definition) is 3. The Hall–Kier alpha value is -3.45. The fourth-order valence-corrected chi connectivity index (χ4v) is 3.00. The summed E-state index contributed by atoms with van der Waals surface area (Å²) in [6.07, 6.45) is 2.00. The topological polar surface area (TPSA) is 94.5 Å². The molecule has 4 N–H and O–H groups in total. The number of carbonyl (C=O) groups is 2. The van der Waals surface area contributed by atoms with Crippen molar-refractivity contribution in [2.75, 3.05) is 20.1 Å². The fourth-order valence-electron chi connectivity index (χ4n) is 3.00. The summed E-state index contributed by atoms with van der Waals surface area (Å²) in [5.74, 6) is -0.769. The van der Waals surface area contributed by atoms with E-state index in [1.165, 1.54) is 0 Å². The predicted molar refractivity (Wildman–Crippen MR) is 107 cm³/mol. The number of amides is 2. The molecule has 0 aliphatic heterocycles. The molecule has 0 saturated heterocycles. The number of nitrogens with two attached hydrogens (primary N) is 1. The third-order valence-electron chi connectivity index (χ3n) is 4.27. The monoisotopic (exact) mass is 378 g/mol. The standard InChI is InChI=1S/C21H23N5O2/c1-25(15-20(28)23-12-19(22)27)13-17-14-26(18-10-6-3-7-11-18)24-21(17)16-8-4-2-5-9-16/h2-11,14H,12-13,15H2,1H3,(H2,22,27)(H,23,28)/p+1. The van der Waals surface area contributed by atoms with Gasteiger partial charge in [-0.1, -0.05) is 48.5 Å². The van der Waals surface area contributed by atoms with Gasteiger partial charge in [-0.2, -0.15) is 5.10 Å². The lowest BCUT2D eigenvalue weighted by atomic mass is 10.1. The molecule has 1 unspecified atom stereocenters. The predicted octanol–water partition coefficient (Wildman–Crippen LogP) is 0.156. The normalized spacial score (nSPS) is 11.8. The Labute approximate surface area is 163 Å². The number of likely N-dealkylation sites (N-methyl/N-ethyl adjacent to an activating group) is 1. The van der Waals surface area contributed by atoms with Crippen molar-refractivity contribution >= 4 is 11.8 Å². The first-order valence-electron chi connectivity index (χ1n) is 9.08. The van der Waals surface area contributed by atoms with Gasteiger partial charge >= 0.3 is 0 Å². The molecule has 28 heavy (non-hydrogen) atoms. The van der Waals surface area contributed by atoms with Crippen LogP contribution in [0, 0.1) is 0 Å². The number of quaternary nitrogens is 1. The van der Waals surface area contributed by atoms with Gasteiger partial charge in [0.05, 0.1) is 24.8 Å². The summed E-state index contributed by atoms with van der Waals surface area (Å²) in [6.45, 7) is 0.701. The van der Waals surface area contributed by atoms with Crippen LogP contribution in [0.2, 0.25) is 0 Å². The molecule has 0 aliphatic rings. The Morgan fingerprint density at radius 1 is 1.07 bits per heavy atom. The molecule has 3 aromatic rings. The van der Waals surface area contributed by atoms with Gasteiger partial charge in [0, 0.05) is 11.8 Å². The minimum Gasteiger partial charge on any atom is -0.368 e. The molecule has 0 fully saturated rings. The first-order valence-corrected chi connectivity index (χ1v) is 9.08. The van der Waals surface area contributed by atoms with E-state index in [1.807, 2.05) is 78.6 Å². The van der Waals surface area contributed by atoms with Crippen molar-refractivity contribution < 1.29 is 14.5 Å². The zero-order valence-electron chi connectivity index (χ0n) is 15.8. The summed E-state index contributed by atoms with van der Waals surface area (Å²) in [7, 11) is 1.93.